The predicted octanol–water partition coefficient (Wildman–Crippen LogP) is 4.88. The maximum Gasteiger partial charge on any atom is 0.146 e. The minimum absolute atomic E-state index is 0.187. The number of benzene rings is 2. The average molecular weight is 413 g/mol. The molecule has 0 saturated heterocycles. The highest BCUT2D eigenvalue weighted by Crippen LogP contribution is 2.29. The van der Waals surface area contributed by atoms with E-state index in [0.717, 1.165) is 41.9 Å². The average Bonchev–Trinajstić information content (AvgIpc) is 3.01. The van der Waals surface area contributed by atoms with Gasteiger partial charge >= 0.3 is 0 Å². The van der Waals surface area contributed by atoms with Gasteiger partial charge in [0.15, 0.2) is 0 Å². The molecule has 4 rings (SSSR count). The summed E-state index contributed by atoms with van der Waals surface area (Å²) in [5.41, 5.74) is 6.94. The van der Waals surface area contributed by atoms with Crippen LogP contribution in [0.1, 0.15) is 34.9 Å². The van der Waals surface area contributed by atoms with Gasteiger partial charge in [0.05, 0.1) is 5.39 Å². The molecule has 2 aromatic carbocycles. The third-order valence-corrected chi connectivity index (χ3v) is 5.77. The van der Waals surface area contributed by atoms with Gasteiger partial charge in [-0.15, -0.1) is 0 Å². The molecule has 0 bridgehead atoms. The van der Waals surface area contributed by atoms with E-state index < -0.39 is 0 Å². The van der Waals surface area contributed by atoms with Crippen molar-refractivity contribution in [3.8, 4) is 0 Å². The minimum Gasteiger partial charge on any atom is -0.369 e. The summed E-state index contributed by atoms with van der Waals surface area (Å²) < 4.78 is 2.26. The summed E-state index contributed by atoms with van der Waals surface area (Å²) >= 11 is 0. The Balaban J connectivity index is 1.51. The lowest BCUT2D eigenvalue weighted by molar-refractivity contribution is -0.116. The Bertz CT molecular complexity index is 1190. The first-order chi connectivity index (χ1) is 15.0. The van der Waals surface area contributed by atoms with Gasteiger partial charge in [-0.25, -0.2) is 9.97 Å². The van der Waals surface area contributed by atoms with E-state index in [0.29, 0.717) is 6.42 Å². The SMILES string of the molecule is CC(=O)Cc1ccc(CCNc2ncnc3c2c(C)c(C)n3Cc2ccccc2)cc1. The molecule has 0 amide bonds. The highest BCUT2D eigenvalue weighted by Gasteiger charge is 2.16. The molecule has 0 unspecified atom stereocenters. The molecule has 0 atom stereocenters. The number of nitrogens with zero attached hydrogens (tertiary/aromatic N) is 3. The maximum atomic E-state index is 11.3. The summed E-state index contributed by atoms with van der Waals surface area (Å²) in [4.78, 5) is 20.4. The molecule has 0 aliphatic carbocycles. The lowest BCUT2D eigenvalue weighted by Gasteiger charge is -2.09. The molecule has 1 N–H and O–H groups in total. The number of carbonyl (C=O) groups is 1. The maximum absolute atomic E-state index is 11.3. The molecule has 0 saturated carbocycles. The van der Waals surface area contributed by atoms with Crippen molar-refractivity contribution < 1.29 is 4.79 Å². The van der Waals surface area contributed by atoms with Crippen molar-refractivity contribution >= 4 is 22.6 Å². The number of fused-ring (bicyclic) bond motifs is 1. The molecular formula is C26H28N4O. The van der Waals surface area contributed by atoms with Crippen molar-refractivity contribution in [2.24, 2.45) is 0 Å². The molecule has 2 heterocycles. The van der Waals surface area contributed by atoms with Crippen LogP contribution in [-0.2, 0) is 24.2 Å². The number of hydrogen-bond acceptors (Lipinski definition) is 4. The first kappa shape index (κ1) is 20.8. The Morgan fingerprint density at radius 3 is 2.35 bits per heavy atom. The monoisotopic (exact) mass is 412 g/mol. The van der Waals surface area contributed by atoms with E-state index in [9.17, 15) is 4.79 Å². The van der Waals surface area contributed by atoms with Crippen LogP contribution in [0.4, 0.5) is 5.82 Å². The van der Waals surface area contributed by atoms with E-state index in [1.54, 1.807) is 13.3 Å². The second-order valence-corrected chi connectivity index (χ2v) is 8.08. The molecule has 5 nitrogen and oxygen atoms in total. The number of aromatic nitrogens is 3. The van der Waals surface area contributed by atoms with Crippen LogP contribution in [0.3, 0.4) is 0 Å². The van der Waals surface area contributed by atoms with Crippen LogP contribution in [-0.4, -0.2) is 26.9 Å². The molecule has 4 aromatic rings. The van der Waals surface area contributed by atoms with Crippen LogP contribution in [0, 0.1) is 13.8 Å². The van der Waals surface area contributed by atoms with E-state index in [2.05, 4.69) is 70.1 Å². The quantitative estimate of drug-likeness (QED) is 0.448. The Kier molecular flexibility index (Phi) is 6.12. The predicted molar refractivity (Wildman–Crippen MR) is 126 cm³/mol. The van der Waals surface area contributed by atoms with Crippen LogP contribution in [0.15, 0.2) is 60.9 Å². The van der Waals surface area contributed by atoms with Crippen molar-refractivity contribution in [2.75, 3.05) is 11.9 Å². The normalized spacial score (nSPS) is 11.1. The van der Waals surface area contributed by atoms with Crippen LogP contribution in [0.25, 0.3) is 11.0 Å². The van der Waals surface area contributed by atoms with Crippen molar-refractivity contribution in [2.45, 2.75) is 40.2 Å². The minimum atomic E-state index is 0.187. The van der Waals surface area contributed by atoms with E-state index >= 15 is 0 Å². The van der Waals surface area contributed by atoms with Crippen molar-refractivity contribution in [1.82, 2.24) is 14.5 Å². The highest BCUT2D eigenvalue weighted by atomic mass is 16.1. The fraction of sp³-hybridized carbons (Fsp3) is 0.269. The number of anilines is 1. The molecule has 31 heavy (non-hydrogen) atoms. The third kappa shape index (κ3) is 4.66. The number of hydrogen-bond donors (Lipinski definition) is 1. The van der Waals surface area contributed by atoms with Gasteiger partial charge in [-0.1, -0.05) is 54.6 Å². The molecular weight excluding hydrogens is 384 g/mol. The standard InChI is InChI=1S/C26H28N4O/c1-18(31)15-22-11-9-21(10-12-22)13-14-27-25-24-19(2)20(3)30(26(24)29-17-28-25)16-23-7-5-4-6-8-23/h4-12,17H,13-16H2,1-3H3,(H,27,28,29). The van der Waals surface area contributed by atoms with Crippen molar-refractivity contribution in [1.29, 1.82) is 0 Å². The lowest BCUT2D eigenvalue weighted by atomic mass is 10.1. The number of carbonyl (C=O) groups excluding carboxylic acids is 1. The molecule has 0 spiro atoms. The van der Waals surface area contributed by atoms with Crippen LogP contribution < -0.4 is 5.32 Å². The van der Waals surface area contributed by atoms with Gasteiger partial charge in [-0.05, 0) is 49.4 Å². The Hall–Kier alpha value is -3.47. The second-order valence-electron chi connectivity index (χ2n) is 8.08. The van der Waals surface area contributed by atoms with Gasteiger partial charge in [0, 0.05) is 25.2 Å². The number of aryl methyl sites for hydroxylation is 1. The van der Waals surface area contributed by atoms with Crippen LogP contribution in [0.2, 0.25) is 0 Å². The zero-order chi connectivity index (χ0) is 21.8. The number of nitrogens with one attached hydrogen (secondary N) is 1. The van der Waals surface area contributed by atoms with Crippen molar-refractivity contribution in [3.63, 3.8) is 0 Å². The summed E-state index contributed by atoms with van der Waals surface area (Å²) in [6.07, 6.45) is 3.02. The molecule has 0 aliphatic heterocycles. The van der Waals surface area contributed by atoms with E-state index in [1.165, 1.54) is 22.4 Å². The number of ketones is 1. The Morgan fingerprint density at radius 1 is 0.935 bits per heavy atom. The molecule has 2 aromatic heterocycles. The van der Waals surface area contributed by atoms with E-state index in [1.807, 2.05) is 18.2 Å². The number of rotatable bonds is 8. The van der Waals surface area contributed by atoms with Gasteiger partial charge < -0.3 is 9.88 Å². The van der Waals surface area contributed by atoms with Crippen molar-refractivity contribution in [3.05, 3.63) is 88.9 Å². The van der Waals surface area contributed by atoms with E-state index in [4.69, 9.17) is 0 Å². The largest absolute Gasteiger partial charge is 0.369 e. The smallest absolute Gasteiger partial charge is 0.146 e. The summed E-state index contributed by atoms with van der Waals surface area (Å²) in [7, 11) is 0. The molecule has 0 radical (unpaired) electrons. The number of Topliss-reactive ketones (excluding diaryl/α,β-unsaturated/α-hetero) is 1. The van der Waals surface area contributed by atoms with Crippen LogP contribution in [0.5, 0.6) is 0 Å². The zero-order valence-electron chi connectivity index (χ0n) is 18.4. The highest BCUT2D eigenvalue weighted by molar-refractivity contribution is 5.92. The molecule has 0 aliphatic rings. The molecule has 158 valence electrons. The fourth-order valence-corrected chi connectivity index (χ4v) is 4.00. The van der Waals surface area contributed by atoms with Gasteiger partial charge in [0.25, 0.3) is 0 Å². The first-order valence-corrected chi connectivity index (χ1v) is 10.7. The third-order valence-electron chi connectivity index (χ3n) is 5.77. The summed E-state index contributed by atoms with van der Waals surface area (Å²) in [5, 5.41) is 4.60. The summed E-state index contributed by atoms with van der Waals surface area (Å²) in [6.45, 7) is 7.48. The zero-order valence-corrected chi connectivity index (χ0v) is 18.4. The first-order valence-electron chi connectivity index (χ1n) is 10.7. The Morgan fingerprint density at radius 2 is 1.65 bits per heavy atom. The van der Waals surface area contributed by atoms with E-state index in [-0.39, 0.29) is 5.78 Å². The Labute approximate surface area is 183 Å². The topological polar surface area (TPSA) is 59.8 Å². The van der Waals surface area contributed by atoms with Gasteiger partial charge in [-0.2, -0.15) is 0 Å². The summed E-state index contributed by atoms with van der Waals surface area (Å²) in [6, 6.07) is 18.7. The molecule has 0 fully saturated rings. The van der Waals surface area contributed by atoms with Gasteiger partial charge in [0.2, 0.25) is 0 Å². The van der Waals surface area contributed by atoms with Gasteiger partial charge in [0.1, 0.15) is 23.6 Å². The lowest BCUT2D eigenvalue weighted by Crippen LogP contribution is -2.08. The molecule has 5 heteroatoms. The van der Waals surface area contributed by atoms with Gasteiger partial charge in [-0.3, -0.25) is 4.79 Å². The van der Waals surface area contributed by atoms with Crippen LogP contribution >= 0.6 is 0 Å². The summed E-state index contributed by atoms with van der Waals surface area (Å²) in [5.74, 6) is 1.07. The fourth-order valence-electron chi connectivity index (χ4n) is 4.00. The second kappa shape index (κ2) is 9.13.